The summed E-state index contributed by atoms with van der Waals surface area (Å²) >= 11 is 0. The third kappa shape index (κ3) is 4.99. The Morgan fingerprint density at radius 1 is 1.32 bits per heavy atom. The van der Waals surface area contributed by atoms with E-state index in [1.165, 1.54) is 10.9 Å². The lowest BCUT2D eigenvalue weighted by atomic mass is 10.1. The van der Waals surface area contributed by atoms with E-state index >= 15 is 0 Å². The molecule has 0 aliphatic rings. The summed E-state index contributed by atoms with van der Waals surface area (Å²) in [6, 6.07) is 2.20. The number of rotatable bonds is 8. The molecule has 0 saturated carbocycles. The first-order valence-corrected chi connectivity index (χ1v) is 8.45. The quantitative estimate of drug-likeness (QED) is 0.365. The smallest absolute Gasteiger partial charge is 0.423 e. The molecule has 0 amide bonds. The monoisotopic (exact) mass is 401 g/mol. The number of carbonyl (C=O) groups is 1. The molecule has 8 nitrogen and oxygen atoms in total. The predicted octanol–water partition coefficient (Wildman–Crippen LogP) is 4.58. The summed E-state index contributed by atoms with van der Waals surface area (Å²) in [5.41, 5.74) is -2.61. The van der Waals surface area contributed by atoms with Crippen molar-refractivity contribution in [1.29, 1.82) is 0 Å². The van der Waals surface area contributed by atoms with Gasteiger partial charge in [-0.25, -0.2) is 4.79 Å². The van der Waals surface area contributed by atoms with Crippen LogP contribution in [0.15, 0.2) is 24.4 Å². The molecule has 2 aromatic rings. The molecule has 28 heavy (non-hydrogen) atoms. The zero-order valence-corrected chi connectivity index (χ0v) is 15.2. The molecular weight excluding hydrogens is 383 g/mol. The number of alkyl halides is 3. The van der Waals surface area contributed by atoms with E-state index in [0.717, 1.165) is 18.9 Å². The van der Waals surface area contributed by atoms with Crippen molar-refractivity contribution in [3.63, 3.8) is 0 Å². The van der Waals surface area contributed by atoms with Crippen molar-refractivity contribution < 1.29 is 32.4 Å². The van der Waals surface area contributed by atoms with Gasteiger partial charge >= 0.3 is 12.1 Å². The van der Waals surface area contributed by atoms with E-state index in [1.54, 1.807) is 6.92 Å². The van der Waals surface area contributed by atoms with Crippen LogP contribution < -0.4 is 4.74 Å². The molecular formula is C17H18F3N3O5. The Balaban J connectivity index is 2.42. The molecule has 0 saturated heterocycles. The van der Waals surface area contributed by atoms with Crippen molar-refractivity contribution in [3.8, 4) is 11.6 Å². The number of nitro groups is 1. The van der Waals surface area contributed by atoms with Crippen molar-refractivity contribution in [2.24, 2.45) is 0 Å². The summed E-state index contributed by atoms with van der Waals surface area (Å²) in [5.74, 6) is -1.32. The van der Waals surface area contributed by atoms with E-state index in [4.69, 9.17) is 9.47 Å². The van der Waals surface area contributed by atoms with Gasteiger partial charge in [-0.1, -0.05) is 13.3 Å². The number of hydrogen-bond acceptors (Lipinski definition) is 6. The van der Waals surface area contributed by atoms with Gasteiger partial charge in [0.05, 0.1) is 11.5 Å². The molecule has 1 heterocycles. The molecule has 0 unspecified atom stereocenters. The minimum atomic E-state index is -4.95. The molecule has 0 aliphatic carbocycles. The molecule has 0 fully saturated rings. The second-order valence-corrected chi connectivity index (χ2v) is 5.72. The second-order valence-electron chi connectivity index (χ2n) is 5.72. The fraction of sp³-hybridized carbons (Fsp3) is 0.412. The number of ether oxygens (including phenoxy) is 2. The van der Waals surface area contributed by atoms with Gasteiger partial charge in [-0.2, -0.15) is 13.2 Å². The molecule has 0 aliphatic heterocycles. The molecule has 1 aromatic heterocycles. The molecule has 0 atom stereocenters. The van der Waals surface area contributed by atoms with Gasteiger partial charge in [0.2, 0.25) is 0 Å². The topological polar surface area (TPSA) is 96.5 Å². The number of nitro benzene ring substituents is 1. The number of unbranched alkanes of at least 4 members (excludes halogenated alkanes) is 1. The molecule has 0 spiro atoms. The van der Waals surface area contributed by atoms with Crippen LogP contribution in [-0.2, 0) is 17.5 Å². The first-order chi connectivity index (χ1) is 13.2. The Kier molecular flexibility index (Phi) is 6.60. The molecule has 0 N–H and O–H groups in total. The number of halogens is 3. The van der Waals surface area contributed by atoms with E-state index in [2.05, 4.69) is 5.10 Å². The summed E-state index contributed by atoms with van der Waals surface area (Å²) in [5, 5.41) is 14.9. The van der Waals surface area contributed by atoms with Crippen LogP contribution in [0.2, 0.25) is 0 Å². The van der Waals surface area contributed by atoms with Gasteiger partial charge in [0.15, 0.2) is 0 Å². The lowest BCUT2D eigenvalue weighted by Gasteiger charge is -2.10. The number of aryl methyl sites for hydroxylation is 1. The number of benzene rings is 1. The summed E-state index contributed by atoms with van der Waals surface area (Å²) in [7, 11) is 0. The highest BCUT2D eigenvalue weighted by molar-refractivity contribution is 5.91. The number of nitrogens with zero attached hydrogens (tertiary/aromatic N) is 3. The highest BCUT2D eigenvalue weighted by Gasteiger charge is 2.38. The van der Waals surface area contributed by atoms with Crippen molar-refractivity contribution in [3.05, 3.63) is 45.6 Å². The van der Waals surface area contributed by atoms with E-state index < -0.39 is 28.3 Å². The first-order valence-electron chi connectivity index (χ1n) is 8.45. The fourth-order valence-electron chi connectivity index (χ4n) is 2.34. The van der Waals surface area contributed by atoms with Crippen molar-refractivity contribution in [1.82, 2.24) is 9.78 Å². The Labute approximate surface area is 158 Å². The summed E-state index contributed by atoms with van der Waals surface area (Å²) in [4.78, 5) is 21.8. The van der Waals surface area contributed by atoms with Crippen LogP contribution in [0.3, 0.4) is 0 Å². The van der Waals surface area contributed by atoms with Crippen LogP contribution in [0.4, 0.5) is 18.9 Å². The normalized spacial score (nSPS) is 11.3. The van der Waals surface area contributed by atoms with E-state index in [0.29, 0.717) is 18.7 Å². The Hall–Kier alpha value is -3.11. The average Bonchev–Trinajstić information content (AvgIpc) is 3.02. The number of esters is 1. The van der Waals surface area contributed by atoms with Crippen molar-refractivity contribution >= 4 is 11.7 Å². The number of aromatic nitrogens is 2. The molecule has 2 rings (SSSR count). The Morgan fingerprint density at radius 2 is 2.04 bits per heavy atom. The first kappa shape index (κ1) is 21.2. The average molecular weight is 401 g/mol. The van der Waals surface area contributed by atoms with E-state index in [1.807, 2.05) is 6.92 Å². The van der Waals surface area contributed by atoms with Gasteiger partial charge in [-0.15, -0.1) is 5.10 Å². The molecule has 152 valence electrons. The zero-order chi connectivity index (χ0) is 20.9. The maximum Gasteiger partial charge on any atom is 0.423 e. The van der Waals surface area contributed by atoms with E-state index in [-0.39, 0.29) is 23.8 Å². The number of hydrogen-bond donors (Lipinski definition) is 0. The molecule has 0 bridgehead atoms. The highest BCUT2D eigenvalue weighted by Crippen LogP contribution is 2.39. The third-order valence-corrected chi connectivity index (χ3v) is 3.65. The highest BCUT2D eigenvalue weighted by atomic mass is 19.4. The van der Waals surface area contributed by atoms with Crippen molar-refractivity contribution in [2.75, 3.05) is 6.61 Å². The van der Waals surface area contributed by atoms with Crippen LogP contribution in [0, 0.1) is 10.1 Å². The predicted molar refractivity (Wildman–Crippen MR) is 91.3 cm³/mol. The number of carbonyl (C=O) groups excluding carboxylic acids is 1. The van der Waals surface area contributed by atoms with Gasteiger partial charge in [0.1, 0.15) is 16.9 Å². The van der Waals surface area contributed by atoms with Crippen LogP contribution in [0.1, 0.15) is 42.6 Å². The second kappa shape index (κ2) is 8.72. The Morgan fingerprint density at radius 3 is 2.61 bits per heavy atom. The van der Waals surface area contributed by atoms with Crippen LogP contribution in [0.5, 0.6) is 11.6 Å². The summed E-state index contributed by atoms with van der Waals surface area (Å²) in [6.45, 7) is 4.13. The minimum Gasteiger partial charge on any atom is -0.462 e. The maximum absolute atomic E-state index is 13.1. The SMILES string of the molecule is CCCCn1cc(C(=O)OCC)c(Oc2ccc([N+](=O)[O-])c(C(F)(F)F)c2)n1. The molecule has 1 aromatic carbocycles. The summed E-state index contributed by atoms with van der Waals surface area (Å²) in [6.07, 6.45) is -1.94. The van der Waals surface area contributed by atoms with Crippen LogP contribution in [-0.4, -0.2) is 27.3 Å². The van der Waals surface area contributed by atoms with Crippen molar-refractivity contribution in [2.45, 2.75) is 39.4 Å². The van der Waals surface area contributed by atoms with E-state index in [9.17, 15) is 28.1 Å². The molecule has 0 radical (unpaired) electrons. The van der Waals surface area contributed by atoms with Crippen LogP contribution >= 0.6 is 0 Å². The minimum absolute atomic E-state index is 0.0511. The fourth-order valence-corrected chi connectivity index (χ4v) is 2.34. The van der Waals surface area contributed by atoms with Gasteiger partial charge in [-0.05, 0) is 19.4 Å². The van der Waals surface area contributed by atoms with Gasteiger partial charge in [0.25, 0.3) is 11.6 Å². The van der Waals surface area contributed by atoms with Gasteiger partial charge < -0.3 is 9.47 Å². The Bertz CT molecular complexity index is 864. The molecule has 11 heteroatoms. The van der Waals surface area contributed by atoms with Crippen LogP contribution in [0.25, 0.3) is 0 Å². The third-order valence-electron chi connectivity index (χ3n) is 3.65. The van der Waals surface area contributed by atoms with Gasteiger partial charge in [-0.3, -0.25) is 14.8 Å². The zero-order valence-electron chi connectivity index (χ0n) is 15.2. The standard InChI is InChI=1S/C17H18F3N3O5/c1-3-5-8-22-10-12(16(24)27-4-2)15(21-22)28-11-6-7-14(23(25)26)13(9-11)17(18,19)20/h6-7,9-10H,3-5,8H2,1-2H3. The lowest BCUT2D eigenvalue weighted by Crippen LogP contribution is -2.09. The maximum atomic E-state index is 13.1. The largest absolute Gasteiger partial charge is 0.462 e. The summed E-state index contributed by atoms with van der Waals surface area (Å²) < 4.78 is 51.1. The van der Waals surface area contributed by atoms with Gasteiger partial charge in [0, 0.05) is 24.9 Å². The lowest BCUT2D eigenvalue weighted by molar-refractivity contribution is -0.388.